The average molecular weight is 294 g/mol. The lowest BCUT2D eigenvalue weighted by Gasteiger charge is -2.33. The molecular weight excluding hydrogens is 264 g/mol. The van der Waals surface area contributed by atoms with Crippen molar-refractivity contribution in [1.82, 2.24) is 15.1 Å². The van der Waals surface area contributed by atoms with Gasteiger partial charge in [-0.3, -0.25) is 4.68 Å². The van der Waals surface area contributed by atoms with Crippen molar-refractivity contribution in [2.75, 3.05) is 31.7 Å². The summed E-state index contributed by atoms with van der Waals surface area (Å²) in [4.78, 5) is 2.49. The number of aromatic nitrogens is 2. The monoisotopic (exact) mass is 294 g/mol. The summed E-state index contributed by atoms with van der Waals surface area (Å²) in [6.07, 6.45) is 2.41. The zero-order valence-corrected chi connectivity index (χ0v) is 14.1. The lowest BCUT2D eigenvalue weighted by molar-refractivity contribution is 0.139. The second-order valence-corrected chi connectivity index (χ2v) is 6.43. The van der Waals surface area contributed by atoms with E-state index in [2.05, 4.69) is 43.1 Å². The topological polar surface area (TPSA) is 42.3 Å². The third-order valence-electron chi connectivity index (χ3n) is 4.32. The van der Waals surface area contributed by atoms with E-state index in [-0.39, 0.29) is 0 Å². The SMILES string of the molecule is COCC1CCN(c2c(CNC(C)C)c(C)nn2C)CC1. The molecule has 0 atom stereocenters. The standard InChI is InChI=1S/C16H30N4O/c1-12(2)17-10-15-13(3)18-19(4)16(15)20-8-6-14(7-9-20)11-21-5/h12,14,17H,6-11H2,1-5H3. The zero-order valence-electron chi connectivity index (χ0n) is 14.1. The molecule has 1 fully saturated rings. The second-order valence-electron chi connectivity index (χ2n) is 6.43. The molecule has 2 heterocycles. The Bertz CT molecular complexity index is 447. The molecule has 1 saturated heterocycles. The maximum Gasteiger partial charge on any atom is 0.131 e. The van der Waals surface area contributed by atoms with Crippen LogP contribution in [0.1, 0.15) is 37.9 Å². The summed E-state index contributed by atoms with van der Waals surface area (Å²) in [6.45, 7) is 10.5. The van der Waals surface area contributed by atoms with Crippen molar-refractivity contribution in [2.24, 2.45) is 13.0 Å². The van der Waals surface area contributed by atoms with Crippen molar-refractivity contribution >= 4 is 5.82 Å². The van der Waals surface area contributed by atoms with E-state index in [4.69, 9.17) is 4.74 Å². The molecular formula is C16H30N4O. The van der Waals surface area contributed by atoms with Crippen LogP contribution in [-0.4, -0.2) is 42.6 Å². The molecule has 2 rings (SSSR count). The molecule has 1 aromatic heterocycles. The smallest absolute Gasteiger partial charge is 0.131 e. The van der Waals surface area contributed by atoms with Gasteiger partial charge in [0, 0.05) is 52.0 Å². The first kappa shape index (κ1) is 16.3. The van der Waals surface area contributed by atoms with E-state index in [0.29, 0.717) is 12.0 Å². The van der Waals surface area contributed by atoms with Crippen LogP contribution >= 0.6 is 0 Å². The molecule has 0 aromatic carbocycles. The summed E-state index contributed by atoms with van der Waals surface area (Å²) in [5.74, 6) is 1.99. The minimum atomic E-state index is 0.491. The number of methoxy groups -OCH3 is 1. The van der Waals surface area contributed by atoms with Crippen molar-refractivity contribution in [3.63, 3.8) is 0 Å². The highest BCUT2D eigenvalue weighted by molar-refractivity contribution is 5.50. The van der Waals surface area contributed by atoms with E-state index < -0.39 is 0 Å². The average Bonchev–Trinajstić information content (AvgIpc) is 2.72. The number of hydrogen-bond donors (Lipinski definition) is 1. The molecule has 0 saturated carbocycles. The van der Waals surface area contributed by atoms with Gasteiger partial charge in [-0.1, -0.05) is 13.8 Å². The normalized spacial score (nSPS) is 17.0. The van der Waals surface area contributed by atoms with Gasteiger partial charge in [0.05, 0.1) is 5.69 Å². The molecule has 0 unspecified atom stereocenters. The number of nitrogens with zero attached hydrogens (tertiary/aromatic N) is 3. The molecule has 5 heteroatoms. The molecule has 1 N–H and O–H groups in total. The fourth-order valence-electron chi connectivity index (χ4n) is 3.15. The van der Waals surface area contributed by atoms with Crippen LogP contribution in [0, 0.1) is 12.8 Å². The third kappa shape index (κ3) is 3.98. The fraction of sp³-hybridized carbons (Fsp3) is 0.812. The number of hydrogen-bond acceptors (Lipinski definition) is 4. The van der Waals surface area contributed by atoms with Crippen molar-refractivity contribution in [3.8, 4) is 0 Å². The van der Waals surface area contributed by atoms with Crippen LogP contribution in [-0.2, 0) is 18.3 Å². The Morgan fingerprint density at radius 2 is 2.00 bits per heavy atom. The third-order valence-corrected chi connectivity index (χ3v) is 4.32. The molecule has 0 spiro atoms. The zero-order chi connectivity index (χ0) is 15.4. The number of aryl methyl sites for hydroxylation is 2. The predicted molar refractivity (Wildman–Crippen MR) is 86.7 cm³/mol. The quantitative estimate of drug-likeness (QED) is 0.872. The Kier molecular flexibility index (Phi) is 5.65. The fourth-order valence-corrected chi connectivity index (χ4v) is 3.15. The lowest BCUT2D eigenvalue weighted by atomic mass is 9.97. The van der Waals surface area contributed by atoms with Crippen molar-refractivity contribution in [2.45, 2.75) is 46.2 Å². The molecule has 1 aliphatic rings. The van der Waals surface area contributed by atoms with Crippen LogP contribution in [0.15, 0.2) is 0 Å². The van der Waals surface area contributed by atoms with Crippen LogP contribution < -0.4 is 10.2 Å². The largest absolute Gasteiger partial charge is 0.384 e. The van der Waals surface area contributed by atoms with Crippen molar-refractivity contribution in [1.29, 1.82) is 0 Å². The molecule has 5 nitrogen and oxygen atoms in total. The van der Waals surface area contributed by atoms with E-state index in [1.54, 1.807) is 7.11 Å². The molecule has 0 radical (unpaired) electrons. The predicted octanol–water partition coefficient (Wildman–Crippen LogP) is 2.09. The maximum absolute atomic E-state index is 5.29. The van der Waals surface area contributed by atoms with Gasteiger partial charge in [0.25, 0.3) is 0 Å². The summed E-state index contributed by atoms with van der Waals surface area (Å²) in [5.41, 5.74) is 2.48. The van der Waals surface area contributed by atoms with E-state index in [1.807, 2.05) is 4.68 Å². The summed E-state index contributed by atoms with van der Waals surface area (Å²) in [6, 6.07) is 0.491. The van der Waals surface area contributed by atoms with Gasteiger partial charge < -0.3 is 15.0 Å². The first-order valence-corrected chi connectivity index (χ1v) is 8.02. The van der Waals surface area contributed by atoms with Gasteiger partial charge in [-0.05, 0) is 25.7 Å². The van der Waals surface area contributed by atoms with Crippen LogP contribution in [0.4, 0.5) is 5.82 Å². The minimum Gasteiger partial charge on any atom is -0.384 e. The summed E-state index contributed by atoms with van der Waals surface area (Å²) >= 11 is 0. The van der Waals surface area contributed by atoms with Crippen molar-refractivity contribution < 1.29 is 4.74 Å². The highest BCUT2D eigenvalue weighted by atomic mass is 16.5. The number of rotatable bonds is 6. The maximum atomic E-state index is 5.29. The van der Waals surface area contributed by atoms with Gasteiger partial charge in [0.15, 0.2) is 0 Å². The Morgan fingerprint density at radius 3 is 2.57 bits per heavy atom. The molecule has 21 heavy (non-hydrogen) atoms. The molecule has 1 aliphatic heterocycles. The Hall–Kier alpha value is -1.07. The Morgan fingerprint density at radius 1 is 1.33 bits per heavy atom. The Labute approximate surface area is 128 Å². The minimum absolute atomic E-state index is 0.491. The van der Waals surface area contributed by atoms with Crippen LogP contribution in [0.5, 0.6) is 0 Å². The molecule has 0 bridgehead atoms. The highest BCUT2D eigenvalue weighted by Crippen LogP contribution is 2.28. The van der Waals surface area contributed by atoms with Gasteiger partial charge in [-0.25, -0.2) is 0 Å². The van der Waals surface area contributed by atoms with E-state index in [9.17, 15) is 0 Å². The van der Waals surface area contributed by atoms with E-state index >= 15 is 0 Å². The summed E-state index contributed by atoms with van der Waals surface area (Å²) in [7, 11) is 3.86. The van der Waals surface area contributed by atoms with Crippen LogP contribution in [0.25, 0.3) is 0 Å². The summed E-state index contributed by atoms with van der Waals surface area (Å²) in [5, 5.41) is 8.15. The number of ether oxygens (including phenoxy) is 1. The molecule has 1 aromatic rings. The van der Waals surface area contributed by atoms with E-state index in [0.717, 1.165) is 31.9 Å². The molecule has 120 valence electrons. The van der Waals surface area contributed by atoms with Gasteiger partial charge >= 0.3 is 0 Å². The first-order valence-electron chi connectivity index (χ1n) is 8.02. The highest BCUT2D eigenvalue weighted by Gasteiger charge is 2.24. The molecule has 0 aliphatic carbocycles. The van der Waals surface area contributed by atoms with Gasteiger partial charge in [-0.15, -0.1) is 0 Å². The van der Waals surface area contributed by atoms with Gasteiger partial charge in [0.1, 0.15) is 5.82 Å². The van der Waals surface area contributed by atoms with E-state index in [1.165, 1.54) is 24.2 Å². The number of piperidine rings is 1. The molecule has 0 amide bonds. The van der Waals surface area contributed by atoms with Crippen LogP contribution in [0.2, 0.25) is 0 Å². The van der Waals surface area contributed by atoms with Crippen molar-refractivity contribution in [3.05, 3.63) is 11.3 Å². The lowest BCUT2D eigenvalue weighted by Crippen LogP contribution is -2.37. The first-order chi connectivity index (χ1) is 10.0. The second kappa shape index (κ2) is 7.27. The van der Waals surface area contributed by atoms with Gasteiger partial charge in [-0.2, -0.15) is 5.10 Å². The van der Waals surface area contributed by atoms with Gasteiger partial charge in [0.2, 0.25) is 0 Å². The van der Waals surface area contributed by atoms with Crippen LogP contribution in [0.3, 0.4) is 0 Å². The number of anilines is 1. The summed E-state index contributed by atoms with van der Waals surface area (Å²) < 4.78 is 7.34. The Balaban J connectivity index is 2.09. The number of nitrogens with one attached hydrogen (secondary N) is 1.